The number of methoxy groups -OCH3 is 2. The van der Waals surface area contributed by atoms with Gasteiger partial charge >= 0.3 is 0 Å². The Balaban J connectivity index is 1.78. The van der Waals surface area contributed by atoms with Gasteiger partial charge in [0.15, 0.2) is 0 Å². The normalized spacial score (nSPS) is 26.6. The average molecular weight is 380 g/mol. The van der Waals surface area contributed by atoms with E-state index >= 15 is 0 Å². The summed E-state index contributed by atoms with van der Waals surface area (Å²) in [5.41, 5.74) is 1.83. The Morgan fingerprint density at radius 2 is 1.25 bits per heavy atom. The summed E-state index contributed by atoms with van der Waals surface area (Å²) in [4.78, 5) is 25.3. The Morgan fingerprint density at radius 3 is 1.61 bits per heavy atom. The first-order valence-electron chi connectivity index (χ1n) is 9.61. The first kappa shape index (κ1) is 18.5. The van der Waals surface area contributed by atoms with Crippen LogP contribution in [0.5, 0.6) is 11.5 Å². The number of nitroso groups, excluding NO2 is 1. The van der Waals surface area contributed by atoms with E-state index < -0.39 is 0 Å². The van der Waals surface area contributed by atoms with Crippen molar-refractivity contribution >= 4 is 5.78 Å². The molecule has 0 aromatic heterocycles. The van der Waals surface area contributed by atoms with Crippen molar-refractivity contribution in [1.82, 2.24) is 5.01 Å². The second kappa shape index (κ2) is 7.62. The van der Waals surface area contributed by atoms with Crippen molar-refractivity contribution in [3.8, 4) is 11.5 Å². The second-order valence-electron chi connectivity index (χ2n) is 7.44. The lowest BCUT2D eigenvalue weighted by atomic mass is 9.67. The molecule has 2 bridgehead atoms. The number of carbonyl (C=O) groups excluding carboxylic acids is 1. The third kappa shape index (κ3) is 3.03. The second-order valence-corrected chi connectivity index (χ2v) is 7.44. The van der Waals surface area contributed by atoms with Crippen molar-refractivity contribution < 1.29 is 14.3 Å². The lowest BCUT2D eigenvalue weighted by molar-refractivity contribution is -0.144. The number of ketones is 1. The summed E-state index contributed by atoms with van der Waals surface area (Å²) >= 11 is 0. The molecule has 6 heteroatoms. The SMILES string of the molecule is COc1ccc([C@@H]2[C@H]3CCC[C@@H](C3=O)[C@H](c3ccc(OC)cc3)N2N=O)cc1. The largest absolute Gasteiger partial charge is 0.497 e. The van der Waals surface area contributed by atoms with Crippen molar-refractivity contribution in [1.29, 1.82) is 0 Å². The van der Waals surface area contributed by atoms with Crippen LogP contribution in [-0.2, 0) is 4.79 Å². The minimum Gasteiger partial charge on any atom is -0.497 e. The summed E-state index contributed by atoms with van der Waals surface area (Å²) in [7, 11) is 3.23. The molecule has 4 atom stereocenters. The van der Waals surface area contributed by atoms with Gasteiger partial charge in [0, 0.05) is 11.8 Å². The molecule has 4 rings (SSSR count). The number of nitrogens with zero attached hydrogens (tertiary/aromatic N) is 2. The van der Waals surface area contributed by atoms with E-state index in [1.807, 2.05) is 48.5 Å². The van der Waals surface area contributed by atoms with Gasteiger partial charge in [-0.15, -0.1) is 4.91 Å². The molecular formula is C22H24N2O4. The van der Waals surface area contributed by atoms with E-state index in [1.165, 1.54) is 0 Å². The Labute approximate surface area is 164 Å². The molecule has 1 aliphatic heterocycles. The van der Waals surface area contributed by atoms with Gasteiger partial charge in [-0.25, -0.2) is 5.01 Å². The molecule has 1 heterocycles. The Kier molecular flexibility index (Phi) is 5.03. The molecule has 0 amide bonds. The number of hydrogen-bond donors (Lipinski definition) is 0. The van der Waals surface area contributed by atoms with Crippen LogP contribution in [0.25, 0.3) is 0 Å². The van der Waals surface area contributed by atoms with Crippen molar-refractivity contribution in [2.45, 2.75) is 31.3 Å². The quantitative estimate of drug-likeness (QED) is 0.716. The number of benzene rings is 2. The van der Waals surface area contributed by atoms with Gasteiger partial charge in [0.25, 0.3) is 0 Å². The summed E-state index contributed by atoms with van der Waals surface area (Å²) in [6.07, 6.45) is 2.55. The number of Topliss-reactive ketones (excluding diaryl/α,β-unsaturated/α-hetero) is 1. The third-order valence-corrected chi connectivity index (χ3v) is 6.10. The highest BCUT2D eigenvalue weighted by atomic mass is 16.5. The molecule has 0 radical (unpaired) electrons. The highest BCUT2D eigenvalue weighted by Gasteiger charge is 2.51. The van der Waals surface area contributed by atoms with Crippen LogP contribution in [0.3, 0.4) is 0 Å². The Hall–Kier alpha value is -2.89. The fourth-order valence-corrected chi connectivity index (χ4v) is 4.76. The number of fused-ring (bicyclic) bond motifs is 2. The summed E-state index contributed by atoms with van der Waals surface area (Å²) < 4.78 is 10.5. The summed E-state index contributed by atoms with van der Waals surface area (Å²) in [6.45, 7) is 0. The van der Waals surface area contributed by atoms with Gasteiger partial charge < -0.3 is 9.47 Å². The maximum absolute atomic E-state index is 13.3. The molecule has 146 valence electrons. The molecule has 0 spiro atoms. The fourth-order valence-electron chi connectivity index (χ4n) is 4.76. The molecule has 2 aromatic rings. The molecule has 1 saturated heterocycles. The molecule has 6 nitrogen and oxygen atoms in total. The smallest absolute Gasteiger partial charge is 0.143 e. The predicted molar refractivity (Wildman–Crippen MR) is 105 cm³/mol. The van der Waals surface area contributed by atoms with Gasteiger partial charge in [0.05, 0.1) is 31.6 Å². The number of piperidine rings is 1. The topological polar surface area (TPSA) is 68.2 Å². The minimum atomic E-state index is -0.362. The van der Waals surface area contributed by atoms with E-state index in [4.69, 9.17) is 9.47 Å². The van der Waals surface area contributed by atoms with Crippen molar-refractivity contribution in [2.24, 2.45) is 17.1 Å². The Bertz CT molecular complexity index is 784. The van der Waals surface area contributed by atoms with E-state index in [9.17, 15) is 9.70 Å². The molecule has 2 aliphatic rings. The zero-order valence-electron chi connectivity index (χ0n) is 16.1. The van der Waals surface area contributed by atoms with Crippen molar-refractivity contribution in [2.75, 3.05) is 14.2 Å². The van der Waals surface area contributed by atoms with Gasteiger partial charge in [-0.3, -0.25) is 4.79 Å². The molecule has 2 aromatic carbocycles. The average Bonchev–Trinajstić information content (AvgIpc) is 2.74. The first-order valence-corrected chi connectivity index (χ1v) is 9.61. The Morgan fingerprint density at radius 1 is 0.821 bits per heavy atom. The van der Waals surface area contributed by atoms with Crippen molar-refractivity contribution in [3.63, 3.8) is 0 Å². The summed E-state index contributed by atoms with van der Waals surface area (Å²) in [5, 5.41) is 5.04. The molecule has 1 saturated carbocycles. The molecule has 0 N–H and O–H groups in total. The van der Waals surface area contributed by atoms with Crippen LogP contribution in [-0.4, -0.2) is 25.0 Å². The highest BCUT2D eigenvalue weighted by molar-refractivity contribution is 5.87. The van der Waals surface area contributed by atoms with E-state index in [0.717, 1.165) is 41.9 Å². The third-order valence-electron chi connectivity index (χ3n) is 6.10. The van der Waals surface area contributed by atoms with Crippen LogP contribution in [0, 0.1) is 16.7 Å². The van der Waals surface area contributed by atoms with Gasteiger partial charge in [0.1, 0.15) is 17.3 Å². The van der Waals surface area contributed by atoms with E-state index in [0.29, 0.717) is 0 Å². The van der Waals surface area contributed by atoms with Crippen LogP contribution in [0.2, 0.25) is 0 Å². The van der Waals surface area contributed by atoms with Crippen molar-refractivity contribution in [3.05, 3.63) is 64.6 Å². The lowest BCUT2D eigenvalue weighted by Crippen LogP contribution is -2.50. The van der Waals surface area contributed by atoms with E-state index in [2.05, 4.69) is 5.29 Å². The zero-order chi connectivity index (χ0) is 19.7. The van der Waals surface area contributed by atoms with Crippen LogP contribution in [0.4, 0.5) is 0 Å². The predicted octanol–water partition coefficient (Wildman–Crippen LogP) is 4.47. The van der Waals surface area contributed by atoms with Crippen LogP contribution >= 0.6 is 0 Å². The number of ether oxygens (including phenoxy) is 2. The van der Waals surface area contributed by atoms with Gasteiger partial charge in [-0.2, -0.15) is 0 Å². The molecule has 2 fully saturated rings. The molecule has 0 unspecified atom stereocenters. The number of hydrogen-bond acceptors (Lipinski definition) is 5. The van der Waals surface area contributed by atoms with Crippen LogP contribution < -0.4 is 9.47 Å². The monoisotopic (exact) mass is 380 g/mol. The van der Waals surface area contributed by atoms with Gasteiger partial charge in [-0.05, 0) is 48.2 Å². The molecular weight excluding hydrogens is 356 g/mol. The zero-order valence-corrected chi connectivity index (χ0v) is 16.1. The molecule has 1 aliphatic carbocycles. The summed E-state index contributed by atoms with van der Waals surface area (Å²) in [6, 6.07) is 14.4. The van der Waals surface area contributed by atoms with Crippen LogP contribution in [0.15, 0.2) is 53.8 Å². The van der Waals surface area contributed by atoms with E-state index in [-0.39, 0.29) is 29.7 Å². The lowest BCUT2D eigenvalue weighted by Gasteiger charge is -2.49. The van der Waals surface area contributed by atoms with E-state index in [1.54, 1.807) is 19.2 Å². The minimum absolute atomic E-state index is 0.209. The number of rotatable bonds is 5. The standard InChI is InChI=1S/C22H24N2O4/c1-27-16-10-6-14(7-11-16)20-18-4-3-5-19(22(18)25)21(24(20)23-26)15-8-12-17(28-2)13-9-15/h6-13,18-21H,3-5H2,1-2H3/t18-,19-,20-,21+/m1/s1. The maximum atomic E-state index is 13.3. The van der Waals surface area contributed by atoms with Gasteiger partial charge in [-0.1, -0.05) is 30.7 Å². The fraction of sp³-hybridized carbons (Fsp3) is 0.409. The first-order chi connectivity index (χ1) is 13.7. The number of carbonyl (C=O) groups is 1. The van der Waals surface area contributed by atoms with Crippen LogP contribution in [0.1, 0.15) is 42.5 Å². The van der Waals surface area contributed by atoms with Gasteiger partial charge in [0.2, 0.25) is 0 Å². The summed E-state index contributed by atoms with van der Waals surface area (Å²) in [5.74, 6) is 1.31. The molecule has 28 heavy (non-hydrogen) atoms. The maximum Gasteiger partial charge on any atom is 0.143 e. The highest BCUT2D eigenvalue weighted by Crippen LogP contribution is 2.52.